The predicted molar refractivity (Wildman–Crippen MR) is 74.4 cm³/mol. The molecule has 6 heteroatoms. The van der Waals surface area contributed by atoms with Gasteiger partial charge in [-0.15, -0.1) is 0 Å². The van der Waals surface area contributed by atoms with Gasteiger partial charge in [0.05, 0.1) is 12.2 Å². The van der Waals surface area contributed by atoms with Gasteiger partial charge in [0.15, 0.2) is 0 Å². The van der Waals surface area contributed by atoms with Gasteiger partial charge in [0.25, 0.3) is 0 Å². The van der Waals surface area contributed by atoms with Gasteiger partial charge in [0, 0.05) is 18.0 Å². The summed E-state index contributed by atoms with van der Waals surface area (Å²) in [7, 11) is 0. The number of aromatic amines is 1. The minimum Gasteiger partial charge on any atom is -0.462 e. The number of esters is 1. The van der Waals surface area contributed by atoms with Crippen molar-refractivity contribution < 1.29 is 9.53 Å². The first kappa shape index (κ1) is 14.9. The molecule has 0 aliphatic carbocycles. The Morgan fingerprint density at radius 3 is 2.47 bits per heavy atom. The van der Waals surface area contributed by atoms with Crippen LogP contribution in [0.3, 0.4) is 0 Å². The third-order valence-electron chi connectivity index (χ3n) is 2.60. The van der Waals surface area contributed by atoms with Crippen molar-refractivity contribution in [1.29, 1.82) is 5.41 Å². The summed E-state index contributed by atoms with van der Waals surface area (Å²) in [6.07, 6.45) is 0. The number of hydrogen-bond donors (Lipinski definition) is 3. The van der Waals surface area contributed by atoms with E-state index >= 15 is 0 Å². The Bertz CT molecular complexity index is 561. The average molecular weight is 265 g/mol. The molecule has 0 saturated carbocycles. The molecule has 3 N–H and O–H groups in total. The number of aromatic nitrogens is 1. The zero-order valence-corrected chi connectivity index (χ0v) is 11.6. The van der Waals surface area contributed by atoms with E-state index in [1.165, 1.54) is 6.92 Å². The third-order valence-corrected chi connectivity index (χ3v) is 2.60. The van der Waals surface area contributed by atoms with Crippen molar-refractivity contribution in [3.8, 4) is 0 Å². The molecule has 0 bridgehead atoms. The van der Waals surface area contributed by atoms with Crippen LogP contribution < -0.4 is 10.7 Å². The highest BCUT2D eigenvalue weighted by Gasteiger charge is 2.21. The fourth-order valence-corrected chi connectivity index (χ4v) is 1.84. The van der Waals surface area contributed by atoms with Crippen molar-refractivity contribution in [3.63, 3.8) is 0 Å². The lowest BCUT2D eigenvalue weighted by Gasteiger charge is -2.13. The normalized spacial score (nSPS) is 10.1. The first-order valence-electron chi connectivity index (χ1n) is 6.17. The van der Waals surface area contributed by atoms with Gasteiger partial charge in [-0.1, -0.05) is 0 Å². The first-order valence-corrected chi connectivity index (χ1v) is 6.17. The molecule has 1 aromatic rings. The monoisotopic (exact) mass is 265 g/mol. The van der Waals surface area contributed by atoms with E-state index in [0.29, 0.717) is 18.1 Å². The molecule has 6 nitrogen and oxygen atoms in total. The molecular weight excluding hydrogens is 246 g/mol. The summed E-state index contributed by atoms with van der Waals surface area (Å²) in [5, 5.41) is 10.7. The number of carbonyl (C=O) groups is 1. The van der Waals surface area contributed by atoms with Gasteiger partial charge >= 0.3 is 5.97 Å². The van der Waals surface area contributed by atoms with E-state index in [0.717, 1.165) is 0 Å². The van der Waals surface area contributed by atoms with E-state index in [9.17, 15) is 9.59 Å². The molecule has 0 aliphatic heterocycles. The Labute approximate surface area is 111 Å². The van der Waals surface area contributed by atoms with Gasteiger partial charge in [-0.05, 0) is 27.7 Å². The molecule has 104 valence electrons. The number of carbonyl (C=O) groups excluding carboxylic acids is 1. The van der Waals surface area contributed by atoms with Gasteiger partial charge in [-0.3, -0.25) is 4.79 Å². The van der Waals surface area contributed by atoms with Crippen LogP contribution in [-0.4, -0.2) is 29.8 Å². The van der Waals surface area contributed by atoms with E-state index < -0.39 is 11.4 Å². The fourth-order valence-electron chi connectivity index (χ4n) is 1.84. The Morgan fingerprint density at radius 1 is 1.37 bits per heavy atom. The molecule has 0 unspecified atom stereocenters. The maximum Gasteiger partial charge on any atom is 0.343 e. The van der Waals surface area contributed by atoms with Crippen molar-refractivity contribution in [2.24, 2.45) is 0 Å². The highest BCUT2D eigenvalue weighted by atomic mass is 16.5. The number of hydrogen-bond acceptors (Lipinski definition) is 5. The van der Waals surface area contributed by atoms with Crippen LogP contribution in [0, 0.1) is 12.3 Å². The van der Waals surface area contributed by atoms with Gasteiger partial charge in [-0.25, -0.2) is 4.79 Å². The summed E-state index contributed by atoms with van der Waals surface area (Å²) in [4.78, 5) is 27.1. The SMILES string of the molecule is CCNc1[nH]c(C)c(C(=O)OCC)c(=O)c1C(C)=N. The minimum atomic E-state index is -0.660. The van der Waals surface area contributed by atoms with Gasteiger partial charge in [0.1, 0.15) is 11.4 Å². The number of anilines is 1. The van der Waals surface area contributed by atoms with Crippen LogP contribution in [0.15, 0.2) is 4.79 Å². The van der Waals surface area contributed by atoms with Crippen LogP contribution in [0.25, 0.3) is 0 Å². The van der Waals surface area contributed by atoms with Crippen LogP contribution in [0.1, 0.15) is 42.4 Å². The fraction of sp³-hybridized carbons (Fsp3) is 0.462. The molecule has 0 aromatic carbocycles. The molecule has 1 rings (SSSR count). The van der Waals surface area contributed by atoms with Gasteiger partial charge in [0.2, 0.25) is 5.43 Å². The number of pyridine rings is 1. The van der Waals surface area contributed by atoms with Crippen molar-refractivity contribution >= 4 is 17.5 Å². The maximum atomic E-state index is 12.3. The number of rotatable bonds is 5. The first-order chi connectivity index (χ1) is 8.93. The van der Waals surface area contributed by atoms with Crippen molar-refractivity contribution in [1.82, 2.24) is 4.98 Å². The second kappa shape index (κ2) is 6.17. The highest BCUT2D eigenvalue weighted by molar-refractivity contribution is 6.03. The Balaban J connectivity index is 3.52. The zero-order chi connectivity index (χ0) is 14.6. The Morgan fingerprint density at radius 2 is 2.00 bits per heavy atom. The molecule has 1 heterocycles. The smallest absolute Gasteiger partial charge is 0.343 e. The predicted octanol–water partition coefficient (Wildman–Crippen LogP) is 1.68. The third kappa shape index (κ3) is 3.01. The molecule has 1 aromatic heterocycles. The molecule has 0 amide bonds. The van der Waals surface area contributed by atoms with E-state index in [1.807, 2.05) is 6.92 Å². The summed E-state index contributed by atoms with van der Waals surface area (Å²) < 4.78 is 4.87. The van der Waals surface area contributed by atoms with Crippen LogP contribution in [0.2, 0.25) is 0 Å². The van der Waals surface area contributed by atoms with Crippen molar-refractivity contribution in [3.05, 3.63) is 27.0 Å². The lowest BCUT2D eigenvalue weighted by molar-refractivity contribution is 0.0523. The quantitative estimate of drug-likeness (QED) is 0.557. The molecule has 0 atom stereocenters. The molecule has 0 aliphatic rings. The Kier molecular flexibility index (Phi) is 4.86. The largest absolute Gasteiger partial charge is 0.462 e. The number of aryl methyl sites for hydroxylation is 1. The van der Waals surface area contributed by atoms with Crippen LogP contribution >= 0.6 is 0 Å². The molecule has 0 fully saturated rings. The van der Waals surface area contributed by atoms with Gasteiger partial charge in [-0.2, -0.15) is 0 Å². The molecule has 0 saturated heterocycles. The molecule has 19 heavy (non-hydrogen) atoms. The summed E-state index contributed by atoms with van der Waals surface area (Å²) >= 11 is 0. The van der Waals surface area contributed by atoms with Crippen LogP contribution in [0.4, 0.5) is 5.82 Å². The van der Waals surface area contributed by atoms with E-state index in [1.54, 1.807) is 13.8 Å². The molecule has 0 spiro atoms. The van der Waals surface area contributed by atoms with E-state index in [4.69, 9.17) is 10.1 Å². The standard InChI is InChI=1S/C13H19N3O3/c1-5-15-12-9(7(3)14)11(17)10(8(4)16-12)13(18)19-6-2/h14H,5-6H2,1-4H3,(H2,15,16,17). The zero-order valence-electron chi connectivity index (χ0n) is 11.6. The van der Waals surface area contributed by atoms with Crippen molar-refractivity contribution in [2.45, 2.75) is 27.7 Å². The maximum absolute atomic E-state index is 12.3. The Hall–Kier alpha value is -2.11. The average Bonchev–Trinajstić information content (AvgIpc) is 2.28. The summed E-state index contributed by atoms with van der Waals surface area (Å²) in [6, 6.07) is 0. The summed E-state index contributed by atoms with van der Waals surface area (Å²) in [5.74, 6) is -0.197. The highest BCUT2D eigenvalue weighted by Crippen LogP contribution is 2.13. The number of H-pyrrole nitrogens is 1. The second-order valence-corrected chi connectivity index (χ2v) is 4.08. The lowest BCUT2D eigenvalue weighted by atomic mass is 10.1. The van der Waals surface area contributed by atoms with Crippen LogP contribution in [0.5, 0.6) is 0 Å². The van der Waals surface area contributed by atoms with E-state index in [2.05, 4.69) is 10.3 Å². The summed E-state index contributed by atoms with van der Waals surface area (Å²) in [5.41, 5.74) is 0.200. The number of ether oxygens (including phenoxy) is 1. The van der Waals surface area contributed by atoms with Gasteiger partial charge < -0.3 is 20.4 Å². The van der Waals surface area contributed by atoms with E-state index in [-0.39, 0.29) is 23.4 Å². The second-order valence-electron chi connectivity index (χ2n) is 4.08. The number of nitrogens with one attached hydrogen (secondary N) is 3. The van der Waals surface area contributed by atoms with Crippen molar-refractivity contribution in [2.75, 3.05) is 18.5 Å². The topological polar surface area (TPSA) is 95.0 Å². The summed E-state index contributed by atoms with van der Waals surface area (Å²) in [6.45, 7) is 7.51. The molecule has 0 radical (unpaired) electrons. The minimum absolute atomic E-state index is 0.0369. The molecular formula is C13H19N3O3. The lowest BCUT2D eigenvalue weighted by Crippen LogP contribution is -2.27. The van der Waals surface area contributed by atoms with Crippen LogP contribution in [-0.2, 0) is 4.74 Å².